The van der Waals surface area contributed by atoms with E-state index < -0.39 is 0 Å². The van der Waals surface area contributed by atoms with E-state index in [4.69, 9.17) is 4.52 Å². The maximum atomic E-state index is 5.06. The van der Waals surface area contributed by atoms with E-state index in [1.807, 2.05) is 42.0 Å². The first kappa shape index (κ1) is 13.8. The van der Waals surface area contributed by atoms with Crippen molar-refractivity contribution in [2.24, 2.45) is 0 Å². The normalized spacial score (nSPS) is 10.9. The summed E-state index contributed by atoms with van der Waals surface area (Å²) in [5.74, 6) is 1.54. The van der Waals surface area contributed by atoms with Crippen molar-refractivity contribution in [1.29, 1.82) is 0 Å². The average Bonchev–Trinajstić information content (AvgIpc) is 3.12. The molecule has 3 aromatic rings. The molecule has 0 aliphatic rings. The lowest BCUT2D eigenvalue weighted by Crippen LogP contribution is -2.03. The Morgan fingerprint density at radius 2 is 2.24 bits per heavy atom. The van der Waals surface area contributed by atoms with Crippen LogP contribution in [0.4, 0.5) is 0 Å². The summed E-state index contributed by atoms with van der Waals surface area (Å²) in [6, 6.07) is 7.87. The highest BCUT2D eigenvalue weighted by atomic mass is 32.2. The minimum absolute atomic E-state index is 0.722. The first-order valence-electron chi connectivity index (χ1n) is 6.64. The number of hydrogen-bond donors (Lipinski definition) is 0. The Hall–Kier alpha value is -2.15. The number of aryl methyl sites for hydroxylation is 3. The number of hydrogen-bond acceptors (Lipinski definition) is 6. The summed E-state index contributed by atoms with van der Waals surface area (Å²) in [6.45, 7) is 2.70. The minimum Gasteiger partial charge on any atom is -0.361 e. The SMILES string of the molecule is Cc1cc(CSc2nncn2CCc2ccccn2)no1. The fourth-order valence-electron chi connectivity index (χ4n) is 1.92. The molecule has 0 bridgehead atoms. The molecule has 3 heterocycles. The van der Waals surface area contributed by atoms with Crippen LogP contribution in [0, 0.1) is 6.92 Å². The van der Waals surface area contributed by atoms with Gasteiger partial charge in [0.2, 0.25) is 0 Å². The molecule has 0 saturated carbocycles. The van der Waals surface area contributed by atoms with Crippen molar-refractivity contribution < 1.29 is 4.52 Å². The summed E-state index contributed by atoms with van der Waals surface area (Å²) in [7, 11) is 0. The van der Waals surface area contributed by atoms with Gasteiger partial charge in [-0.1, -0.05) is 23.0 Å². The molecular weight excluding hydrogens is 286 g/mol. The van der Waals surface area contributed by atoms with E-state index in [0.717, 1.165) is 41.0 Å². The van der Waals surface area contributed by atoms with Crippen LogP contribution in [0.2, 0.25) is 0 Å². The molecule has 0 aliphatic heterocycles. The van der Waals surface area contributed by atoms with E-state index in [-0.39, 0.29) is 0 Å². The third kappa shape index (κ3) is 3.69. The topological polar surface area (TPSA) is 69.6 Å². The Morgan fingerprint density at radius 3 is 3.00 bits per heavy atom. The van der Waals surface area contributed by atoms with Gasteiger partial charge < -0.3 is 9.09 Å². The smallest absolute Gasteiger partial charge is 0.191 e. The number of rotatable bonds is 6. The number of aromatic nitrogens is 5. The van der Waals surface area contributed by atoms with Crippen molar-refractivity contribution >= 4 is 11.8 Å². The maximum absolute atomic E-state index is 5.06. The average molecular weight is 301 g/mol. The molecule has 0 unspecified atom stereocenters. The van der Waals surface area contributed by atoms with Gasteiger partial charge in [-0.2, -0.15) is 0 Å². The van der Waals surface area contributed by atoms with Gasteiger partial charge in [0.1, 0.15) is 12.1 Å². The van der Waals surface area contributed by atoms with Crippen LogP contribution >= 0.6 is 11.8 Å². The van der Waals surface area contributed by atoms with Crippen LogP contribution in [0.15, 0.2) is 46.5 Å². The molecule has 21 heavy (non-hydrogen) atoms. The van der Waals surface area contributed by atoms with Crippen LogP contribution in [0.25, 0.3) is 0 Å². The quantitative estimate of drug-likeness (QED) is 0.652. The van der Waals surface area contributed by atoms with Crippen molar-refractivity contribution in [1.82, 2.24) is 24.9 Å². The maximum Gasteiger partial charge on any atom is 0.191 e. The summed E-state index contributed by atoms with van der Waals surface area (Å²) < 4.78 is 7.09. The lowest BCUT2D eigenvalue weighted by atomic mass is 10.3. The van der Waals surface area contributed by atoms with Gasteiger partial charge in [-0.25, -0.2) is 0 Å². The largest absolute Gasteiger partial charge is 0.361 e. The van der Waals surface area contributed by atoms with Crippen LogP contribution in [0.1, 0.15) is 17.1 Å². The van der Waals surface area contributed by atoms with E-state index in [9.17, 15) is 0 Å². The zero-order chi connectivity index (χ0) is 14.5. The Balaban J connectivity index is 1.58. The third-order valence-corrected chi connectivity index (χ3v) is 3.96. The number of thioether (sulfide) groups is 1. The Bertz CT molecular complexity index is 694. The van der Waals surface area contributed by atoms with E-state index in [1.165, 1.54) is 0 Å². The second-order valence-electron chi connectivity index (χ2n) is 4.60. The standard InChI is InChI=1S/C14H15N5OS/c1-11-8-13(18-20-11)9-21-14-17-16-10-19(14)7-5-12-4-2-3-6-15-12/h2-4,6,8,10H,5,7,9H2,1H3. The van der Waals surface area contributed by atoms with Gasteiger partial charge in [0.25, 0.3) is 0 Å². The van der Waals surface area contributed by atoms with Gasteiger partial charge in [-0.15, -0.1) is 10.2 Å². The van der Waals surface area contributed by atoms with Gasteiger partial charge in [-0.3, -0.25) is 4.98 Å². The third-order valence-electron chi connectivity index (χ3n) is 2.94. The summed E-state index contributed by atoms with van der Waals surface area (Å²) in [5.41, 5.74) is 1.98. The van der Waals surface area contributed by atoms with Crippen LogP contribution in [-0.4, -0.2) is 24.9 Å². The lowest BCUT2D eigenvalue weighted by Gasteiger charge is -2.05. The molecule has 0 aromatic carbocycles. The Kier molecular flexibility index (Phi) is 4.30. The van der Waals surface area contributed by atoms with Crippen LogP contribution in [-0.2, 0) is 18.7 Å². The molecular formula is C14H15N5OS. The monoisotopic (exact) mass is 301 g/mol. The van der Waals surface area contributed by atoms with Crippen molar-refractivity contribution in [2.45, 2.75) is 30.8 Å². The first-order valence-corrected chi connectivity index (χ1v) is 7.62. The zero-order valence-corrected chi connectivity index (χ0v) is 12.5. The second-order valence-corrected chi connectivity index (χ2v) is 5.54. The number of nitrogens with zero attached hydrogens (tertiary/aromatic N) is 5. The molecule has 0 radical (unpaired) electrons. The van der Waals surface area contributed by atoms with E-state index >= 15 is 0 Å². The van der Waals surface area contributed by atoms with E-state index in [1.54, 1.807) is 18.1 Å². The summed E-state index contributed by atoms with van der Waals surface area (Å²) in [5, 5.41) is 13.0. The second kappa shape index (κ2) is 6.53. The molecule has 0 spiro atoms. The zero-order valence-electron chi connectivity index (χ0n) is 11.6. The first-order chi connectivity index (χ1) is 10.3. The fraction of sp³-hybridized carbons (Fsp3) is 0.286. The molecule has 0 atom stereocenters. The fourth-order valence-corrected chi connectivity index (χ4v) is 2.74. The Labute approximate surface area is 126 Å². The van der Waals surface area contributed by atoms with E-state index in [0.29, 0.717) is 0 Å². The van der Waals surface area contributed by atoms with Gasteiger partial charge in [0.05, 0.1) is 5.69 Å². The van der Waals surface area contributed by atoms with E-state index in [2.05, 4.69) is 20.3 Å². The minimum atomic E-state index is 0.722. The highest BCUT2D eigenvalue weighted by Crippen LogP contribution is 2.20. The summed E-state index contributed by atoms with van der Waals surface area (Å²) >= 11 is 1.60. The van der Waals surface area contributed by atoms with Gasteiger partial charge >= 0.3 is 0 Å². The molecule has 3 aromatic heterocycles. The van der Waals surface area contributed by atoms with Gasteiger partial charge in [0.15, 0.2) is 5.16 Å². The Morgan fingerprint density at radius 1 is 1.29 bits per heavy atom. The molecule has 0 fully saturated rings. The highest BCUT2D eigenvalue weighted by molar-refractivity contribution is 7.98. The summed E-state index contributed by atoms with van der Waals surface area (Å²) in [4.78, 5) is 4.32. The molecule has 0 saturated heterocycles. The highest BCUT2D eigenvalue weighted by Gasteiger charge is 2.08. The lowest BCUT2D eigenvalue weighted by molar-refractivity contribution is 0.393. The van der Waals surface area contributed by atoms with Crippen molar-refractivity contribution in [3.05, 3.63) is 53.9 Å². The predicted octanol–water partition coefficient (Wildman–Crippen LogP) is 2.50. The van der Waals surface area contributed by atoms with Crippen molar-refractivity contribution in [3.63, 3.8) is 0 Å². The van der Waals surface area contributed by atoms with Crippen LogP contribution < -0.4 is 0 Å². The van der Waals surface area contributed by atoms with Crippen LogP contribution in [0.3, 0.4) is 0 Å². The molecule has 0 amide bonds. The summed E-state index contributed by atoms with van der Waals surface area (Å²) in [6.07, 6.45) is 4.42. The molecule has 7 heteroatoms. The molecule has 108 valence electrons. The van der Waals surface area contributed by atoms with Crippen LogP contribution in [0.5, 0.6) is 0 Å². The molecule has 0 aliphatic carbocycles. The molecule has 3 rings (SSSR count). The molecule has 0 N–H and O–H groups in total. The predicted molar refractivity (Wildman–Crippen MR) is 78.8 cm³/mol. The molecule has 6 nitrogen and oxygen atoms in total. The van der Waals surface area contributed by atoms with Gasteiger partial charge in [0, 0.05) is 36.7 Å². The van der Waals surface area contributed by atoms with Gasteiger partial charge in [-0.05, 0) is 19.1 Å². The number of pyridine rings is 1. The van der Waals surface area contributed by atoms with Crippen molar-refractivity contribution in [2.75, 3.05) is 0 Å². The van der Waals surface area contributed by atoms with Crippen molar-refractivity contribution in [3.8, 4) is 0 Å².